The second-order valence-electron chi connectivity index (χ2n) is 14.7. The second-order valence-corrected chi connectivity index (χ2v) is 14.7. The number of nitrogens with zero attached hydrogens (tertiary/aromatic N) is 7. The Morgan fingerprint density at radius 2 is 0.900 bits per heavy atom. The van der Waals surface area contributed by atoms with E-state index < -0.39 is 17.0 Å². The van der Waals surface area contributed by atoms with Gasteiger partial charge in [0.2, 0.25) is 0 Å². The van der Waals surface area contributed by atoms with E-state index in [1.807, 2.05) is 26.0 Å². The molecule has 0 bridgehead atoms. The molecule has 0 unspecified atom stereocenters. The van der Waals surface area contributed by atoms with Crippen molar-refractivity contribution in [3.05, 3.63) is 147 Å². The zero-order chi connectivity index (χ0) is 34.4. The molecule has 50 heavy (non-hydrogen) atoms. The first-order chi connectivity index (χ1) is 24.0. The second kappa shape index (κ2) is 10.6. The van der Waals surface area contributed by atoms with Crippen molar-refractivity contribution in [3.63, 3.8) is 0 Å². The van der Waals surface area contributed by atoms with Crippen molar-refractivity contribution < 1.29 is 0 Å². The summed E-state index contributed by atoms with van der Waals surface area (Å²) in [6.45, 7) is 12.3. The van der Waals surface area contributed by atoms with Gasteiger partial charge < -0.3 is 4.90 Å². The van der Waals surface area contributed by atoms with Crippen molar-refractivity contribution in [2.75, 3.05) is 4.90 Å². The van der Waals surface area contributed by atoms with Crippen LogP contribution in [0.1, 0.15) is 41.5 Å². The highest BCUT2D eigenvalue weighted by atomic mass is 15.2. The Morgan fingerprint density at radius 1 is 0.380 bits per heavy atom. The summed E-state index contributed by atoms with van der Waals surface area (Å²) < 4.78 is 0. The number of hydrogen-bond acceptors (Lipinski definition) is 7. The molecule has 0 fully saturated rings. The minimum atomic E-state index is -0.648. The molecule has 6 aromatic rings. The van der Waals surface area contributed by atoms with E-state index in [2.05, 4.69) is 136 Å². The summed E-state index contributed by atoms with van der Waals surface area (Å²) in [4.78, 5) is 33.4. The van der Waals surface area contributed by atoms with Crippen LogP contribution in [0.3, 0.4) is 0 Å². The molecule has 7 nitrogen and oxygen atoms in total. The number of para-hydroxylation sites is 1. The molecule has 3 aliphatic rings. The van der Waals surface area contributed by atoms with Gasteiger partial charge in [0, 0.05) is 11.1 Å². The molecule has 0 aliphatic carbocycles. The van der Waals surface area contributed by atoms with Crippen LogP contribution in [-0.4, -0.2) is 17.0 Å². The quantitative estimate of drug-likeness (QED) is 0.207. The molecule has 0 aromatic heterocycles. The van der Waals surface area contributed by atoms with Gasteiger partial charge in [-0.1, -0.05) is 78.9 Å². The zero-order valence-corrected chi connectivity index (χ0v) is 29.1. The first kappa shape index (κ1) is 30.3. The van der Waals surface area contributed by atoms with Crippen molar-refractivity contribution in [3.8, 4) is 22.3 Å². The zero-order valence-electron chi connectivity index (χ0n) is 29.1. The molecular weight excluding hydrogens is 615 g/mol. The Kier molecular flexibility index (Phi) is 6.41. The van der Waals surface area contributed by atoms with Crippen LogP contribution in [0.25, 0.3) is 33.0 Å². The van der Waals surface area contributed by atoms with Gasteiger partial charge in [-0.2, -0.15) is 0 Å². The van der Waals surface area contributed by atoms with Gasteiger partial charge in [-0.05, 0) is 99.8 Å². The van der Waals surface area contributed by atoms with Crippen LogP contribution in [0.4, 0.5) is 17.1 Å². The van der Waals surface area contributed by atoms with E-state index in [1.54, 1.807) is 0 Å². The summed E-state index contributed by atoms with van der Waals surface area (Å²) in [6.07, 6.45) is 0. The Labute approximate surface area is 290 Å². The van der Waals surface area contributed by atoms with E-state index in [9.17, 15) is 0 Å². The van der Waals surface area contributed by atoms with Crippen LogP contribution < -0.4 is 37.0 Å². The Hall–Kier alpha value is -5.82. The average molecular weight is 652 g/mol. The SMILES string of the molecule is CC1(C)N=c2cccc(N(c3ccc(-c4ccccc4)c4c3=NC(C)(C)N=4)c3ccc(-c4cccc5ccccc45)c4c3=NC(C)(C)N=4)c2=N1. The van der Waals surface area contributed by atoms with Crippen molar-refractivity contribution in [1.82, 2.24) is 0 Å². The lowest BCUT2D eigenvalue weighted by atomic mass is 9.97. The molecular formula is C43H37N7. The van der Waals surface area contributed by atoms with Crippen LogP contribution in [0.2, 0.25) is 0 Å². The third-order valence-electron chi connectivity index (χ3n) is 9.46. The molecule has 0 spiro atoms. The van der Waals surface area contributed by atoms with E-state index in [1.165, 1.54) is 10.8 Å². The summed E-state index contributed by atoms with van der Waals surface area (Å²) in [7, 11) is 0. The minimum Gasteiger partial charge on any atom is -0.304 e. The summed E-state index contributed by atoms with van der Waals surface area (Å²) in [5.41, 5.74) is 5.21. The largest absolute Gasteiger partial charge is 0.304 e. The van der Waals surface area contributed by atoms with Crippen molar-refractivity contribution in [1.29, 1.82) is 0 Å². The predicted octanol–water partition coefficient (Wildman–Crippen LogP) is 6.61. The molecule has 6 aromatic carbocycles. The molecule has 3 heterocycles. The molecule has 9 rings (SSSR count). The fraction of sp³-hybridized carbons (Fsp3) is 0.209. The highest BCUT2D eigenvalue weighted by molar-refractivity contribution is 5.97. The highest BCUT2D eigenvalue weighted by Crippen LogP contribution is 2.34. The van der Waals surface area contributed by atoms with E-state index in [0.29, 0.717) is 0 Å². The van der Waals surface area contributed by atoms with Gasteiger partial charge >= 0.3 is 0 Å². The maximum atomic E-state index is 5.32. The lowest BCUT2D eigenvalue weighted by molar-refractivity contribution is 0.549. The Bertz CT molecular complexity index is 2790. The Morgan fingerprint density at radius 3 is 1.62 bits per heavy atom. The third-order valence-corrected chi connectivity index (χ3v) is 9.46. The van der Waals surface area contributed by atoms with Gasteiger partial charge in [0.25, 0.3) is 0 Å². The predicted molar refractivity (Wildman–Crippen MR) is 199 cm³/mol. The first-order valence-corrected chi connectivity index (χ1v) is 17.2. The Balaban J connectivity index is 1.38. The van der Waals surface area contributed by atoms with E-state index in [4.69, 9.17) is 30.0 Å². The van der Waals surface area contributed by atoms with E-state index in [0.717, 1.165) is 71.5 Å². The highest BCUT2D eigenvalue weighted by Gasteiger charge is 2.31. The topological polar surface area (TPSA) is 77.4 Å². The average Bonchev–Trinajstić information content (AvgIpc) is 3.72. The van der Waals surface area contributed by atoms with Crippen LogP contribution in [0, 0.1) is 0 Å². The molecule has 0 amide bonds. The fourth-order valence-corrected chi connectivity index (χ4v) is 7.51. The smallest absolute Gasteiger partial charge is 0.146 e. The molecule has 3 aliphatic heterocycles. The lowest BCUT2D eigenvalue weighted by Gasteiger charge is -2.26. The van der Waals surface area contributed by atoms with Crippen LogP contribution in [0.15, 0.2) is 145 Å². The van der Waals surface area contributed by atoms with Gasteiger partial charge in [-0.15, -0.1) is 0 Å². The van der Waals surface area contributed by atoms with Crippen molar-refractivity contribution in [2.24, 2.45) is 30.0 Å². The van der Waals surface area contributed by atoms with E-state index in [-0.39, 0.29) is 0 Å². The fourth-order valence-electron chi connectivity index (χ4n) is 7.51. The van der Waals surface area contributed by atoms with Crippen LogP contribution >= 0.6 is 0 Å². The number of fused-ring (bicyclic) bond motifs is 4. The van der Waals surface area contributed by atoms with Crippen LogP contribution in [0.5, 0.6) is 0 Å². The molecule has 0 saturated heterocycles. The monoisotopic (exact) mass is 651 g/mol. The molecule has 0 radical (unpaired) electrons. The minimum absolute atomic E-state index is 0.577. The normalized spacial score (nSPS) is 16.8. The van der Waals surface area contributed by atoms with Crippen LogP contribution in [-0.2, 0) is 0 Å². The maximum Gasteiger partial charge on any atom is 0.146 e. The molecule has 244 valence electrons. The number of benzene rings is 6. The molecule has 0 atom stereocenters. The van der Waals surface area contributed by atoms with Gasteiger partial charge in [0.1, 0.15) is 33.1 Å². The molecule has 7 heteroatoms. The summed E-state index contributed by atoms with van der Waals surface area (Å²) in [5, 5.41) is 7.51. The van der Waals surface area contributed by atoms with Crippen molar-refractivity contribution in [2.45, 2.75) is 58.5 Å². The summed E-state index contributed by atoms with van der Waals surface area (Å²) in [6, 6.07) is 40.3. The van der Waals surface area contributed by atoms with Gasteiger partial charge in [-0.3, -0.25) is 30.0 Å². The standard InChI is InChI=1S/C43H37N7/c1-41(2)44-32-20-13-21-33(38(32)47-41)50(34-24-22-29(27-14-8-7-9-15-27)36-39(34)48-42(3,4)45-36)35-25-23-31(37-40(35)49-43(5,6)46-37)30-19-12-17-26-16-10-11-18-28(26)30/h7-25H,1-6H3. The number of rotatable bonds is 5. The van der Waals surface area contributed by atoms with Gasteiger partial charge in [-0.25, -0.2) is 0 Å². The van der Waals surface area contributed by atoms with Crippen molar-refractivity contribution >= 4 is 27.8 Å². The van der Waals surface area contributed by atoms with Gasteiger partial charge in [0.05, 0.1) is 33.1 Å². The molecule has 0 saturated carbocycles. The van der Waals surface area contributed by atoms with E-state index >= 15 is 0 Å². The maximum absolute atomic E-state index is 5.32. The molecule has 0 N–H and O–H groups in total. The first-order valence-electron chi connectivity index (χ1n) is 17.2. The van der Waals surface area contributed by atoms with Gasteiger partial charge in [0.15, 0.2) is 0 Å². The number of anilines is 3. The summed E-state index contributed by atoms with van der Waals surface area (Å²) in [5.74, 6) is 0. The third kappa shape index (κ3) is 4.87. The lowest BCUT2D eigenvalue weighted by Crippen LogP contribution is -2.38. The number of hydrogen-bond donors (Lipinski definition) is 0. The summed E-state index contributed by atoms with van der Waals surface area (Å²) >= 11 is 0.